The third-order valence-corrected chi connectivity index (χ3v) is 3.79. The Morgan fingerprint density at radius 3 is 2.67 bits per heavy atom. The van der Waals surface area contributed by atoms with Gasteiger partial charge in [0.25, 0.3) is 5.91 Å². The molecule has 1 heterocycles. The summed E-state index contributed by atoms with van der Waals surface area (Å²) >= 11 is 6.58. The molecular formula is C12H15NO3S2. The summed E-state index contributed by atoms with van der Waals surface area (Å²) in [6.45, 7) is 4.05. The van der Waals surface area contributed by atoms with Gasteiger partial charge in [-0.05, 0) is 19.4 Å². The van der Waals surface area contributed by atoms with Gasteiger partial charge in [-0.3, -0.25) is 14.5 Å². The van der Waals surface area contributed by atoms with E-state index in [0.29, 0.717) is 22.0 Å². The first-order chi connectivity index (χ1) is 8.45. The molecule has 1 amide bonds. The standard InChI is InChI=1S/C12H15NO3S2/c1-8(7-10(14)16-3)6-9(2)11(15)13-4-5-18-12(13)17/h4-5,7H2,1-3H3. The number of rotatable bonds is 3. The van der Waals surface area contributed by atoms with Gasteiger partial charge in [0.2, 0.25) is 0 Å². The SMILES string of the molecule is COC(=O)CC(C)=C=C(C)C(=O)N1CCSC1=S. The highest BCUT2D eigenvalue weighted by molar-refractivity contribution is 8.23. The largest absolute Gasteiger partial charge is 0.469 e. The average Bonchev–Trinajstić information content (AvgIpc) is 2.73. The number of thioether (sulfide) groups is 1. The van der Waals surface area contributed by atoms with E-state index in [-0.39, 0.29) is 18.3 Å². The van der Waals surface area contributed by atoms with Crippen molar-refractivity contribution in [1.29, 1.82) is 0 Å². The lowest BCUT2D eigenvalue weighted by Crippen LogP contribution is -2.31. The summed E-state index contributed by atoms with van der Waals surface area (Å²) in [5.74, 6) is 0.351. The minimum absolute atomic E-state index is 0.139. The fourth-order valence-corrected chi connectivity index (χ4v) is 2.69. The van der Waals surface area contributed by atoms with Crippen molar-refractivity contribution >= 4 is 40.2 Å². The number of hydrogen-bond donors (Lipinski definition) is 0. The van der Waals surface area contributed by atoms with E-state index in [1.54, 1.807) is 18.7 Å². The molecule has 0 bridgehead atoms. The van der Waals surface area contributed by atoms with E-state index >= 15 is 0 Å². The van der Waals surface area contributed by atoms with Crippen molar-refractivity contribution in [2.45, 2.75) is 20.3 Å². The number of carbonyl (C=O) groups is 2. The maximum absolute atomic E-state index is 12.0. The summed E-state index contributed by atoms with van der Waals surface area (Å²) in [6, 6.07) is 0. The van der Waals surface area contributed by atoms with Gasteiger partial charge in [0.05, 0.1) is 19.1 Å². The molecule has 0 atom stereocenters. The summed E-state index contributed by atoms with van der Waals surface area (Å²) in [6.07, 6.45) is 0.139. The molecule has 0 saturated carbocycles. The van der Waals surface area contributed by atoms with Crippen LogP contribution in [0.15, 0.2) is 16.9 Å². The van der Waals surface area contributed by atoms with Crippen molar-refractivity contribution in [3.63, 3.8) is 0 Å². The van der Waals surface area contributed by atoms with Gasteiger partial charge in [-0.1, -0.05) is 24.0 Å². The Labute approximate surface area is 116 Å². The van der Waals surface area contributed by atoms with Crippen molar-refractivity contribution < 1.29 is 14.3 Å². The first-order valence-electron chi connectivity index (χ1n) is 5.44. The molecule has 1 rings (SSSR count). The predicted molar refractivity (Wildman–Crippen MR) is 75.3 cm³/mol. The van der Waals surface area contributed by atoms with Crippen LogP contribution in [0.2, 0.25) is 0 Å². The van der Waals surface area contributed by atoms with Crippen LogP contribution in [0.25, 0.3) is 0 Å². The zero-order valence-corrected chi connectivity index (χ0v) is 12.2. The lowest BCUT2D eigenvalue weighted by atomic mass is 10.2. The average molecular weight is 285 g/mol. The number of esters is 1. The summed E-state index contributed by atoms with van der Waals surface area (Å²) in [5.41, 5.74) is 4.05. The van der Waals surface area contributed by atoms with Crippen molar-refractivity contribution in [1.82, 2.24) is 4.90 Å². The number of nitrogens with zero attached hydrogens (tertiary/aromatic N) is 1. The number of ether oxygens (including phenoxy) is 1. The van der Waals surface area contributed by atoms with E-state index in [1.807, 2.05) is 0 Å². The highest BCUT2D eigenvalue weighted by Crippen LogP contribution is 2.19. The van der Waals surface area contributed by atoms with Crippen molar-refractivity contribution in [3.8, 4) is 0 Å². The Bertz CT molecular complexity index is 450. The van der Waals surface area contributed by atoms with E-state index in [4.69, 9.17) is 12.2 Å². The molecule has 0 aliphatic carbocycles. The van der Waals surface area contributed by atoms with Crippen molar-refractivity contribution in [2.24, 2.45) is 0 Å². The summed E-state index contributed by atoms with van der Waals surface area (Å²) in [4.78, 5) is 24.7. The Kier molecular flexibility index (Phi) is 5.59. The normalized spacial score (nSPS) is 14.2. The smallest absolute Gasteiger partial charge is 0.310 e. The molecule has 1 aliphatic rings. The van der Waals surface area contributed by atoms with Crippen LogP contribution in [0.3, 0.4) is 0 Å². The van der Waals surface area contributed by atoms with Gasteiger partial charge in [-0.15, -0.1) is 5.73 Å². The molecule has 0 aromatic heterocycles. The number of carbonyl (C=O) groups excluding carboxylic acids is 2. The van der Waals surface area contributed by atoms with Crippen LogP contribution < -0.4 is 0 Å². The van der Waals surface area contributed by atoms with Crippen molar-refractivity contribution in [2.75, 3.05) is 19.4 Å². The highest BCUT2D eigenvalue weighted by Gasteiger charge is 2.24. The summed E-state index contributed by atoms with van der Waals surface area (Å²) in [5, 5.41) is 0. The van der Waals surface area contributed by atoms with Gasteiger partial charge in [0.15, 0.2) is 0 Å². The van der Waals surface area contributed by atoms with Crippen LogP contribution in [0, 0.1) is 0 Å². The van der Waals surface area contributed by atoms with Gasteiger partial charge in [0, 0.05) is 12.3 Å². The van der Waals surface area contributed by atoms with Crippen LogP contribution in [0.4, 0.5) is 0 Å². The molecule has 18 heavy (non-hydrogen) atoms. The molecule has 1 saturated heterocycles. The number of amides is 1. The quantitative estimate of drug-likeness (QED) is 0.343. The predicted octanol–water partition coefficient (Wildman–Crippen LogP) is 1.90. The van der Waals surface area contributed by atoms with E-state index in [1.165, 1.54) is 18.9 Å². The molecular weight excluding hydrogens is 270 g/mol. The van der Waals surface area contributed by atoms with Crippen LogP contribution in [0.1, 0.15) is 20.3 Å². The Morgan fingerprint density at radius 2 is 2.17 bits per heavy atom. The van der Waals surface area contributed by atoms with E-state index in [2.05, 4.69) is 10.5 Å². The minimum atomic E-state index is -0.340. The minimum Gasteiger partial charge on any atom is -0.469 e. The third-order valence-electron chi connectivity index (χ3n) is 2.36. The number of methoxy groups -OCH3 is 1. The molecule has 98 valence electrons. The Morgan fingerprint density at radius 1 is 1.50 bits per heavy atom. The molecule has 0 radical (unpaired) electrons. The molecule has 4 nitrogen and oxygen atoms in total. The molecule has 1 aliphatic heterocycles. The van der Waals surface area contributed by atoms with Gasteiger partial charge < -0.3 is 4.74 Å². The second kappa shape index (κ2) is 6.73. The Balaban J connectivity index is 2.81. The maximum Gasteiger partial charge on any atom is 0.310 e. The number of thiocarbonyl (C=S) groups is 1. The van der Waals surface area contributed by atoms with Crippen LogP contribution in [-0.4, -0.2) is 40.5 Å². The van der Waals surface area contributed by atoms with Gasteiger partial charge in [-0.2, -0.15) is 0 Å². The van der Waals surface area contributed by atoms with E-state index in [9.17, 15) is 9.59 Å². The number of hydrogen-bond acceptors (Lipinski definition) is 5. The van der Waals surface area contributed by atoms with Gasteiger partial charge in [0.1, 0.15) is 4.32 Å². The van der Waals surface area contributed by atoms with Gasteiger partial charge in [-0.25, -0.2) is 0 Å². The first-order valence-corrected chi connectivity index (χ1v) is 6.83. The molecule has 0 aromatic carbocycles. The second-order valence-corrected chi connectivity index (χ2v) is 5.58. The third kappa shape index (κ3) is 3.98. The molecule has 6 heteroatoms. The van der Waals surface area contributed by atoms with Crippen LogP contribution in [-0.2, 0) is 14.3 Å². The Hall–Kier alpha value is -1.10. The van der Waals surface area contributed by atoms with Gasteiger partial charge >= 0.3 is 5.97 Å². The topological polar surface area (TPSA) is 46.6 Å². The zero-order chi connectivity index (χ0) is 13.7. The molecule has 0 aromatic rings. The van der Waals surface area contributed by atoms with Crippen molar-refractivity contribution in [3.05, 3.63) is 16.9 Å². The monoisotopic (exact) mass is 285 g/mol. The molecule has 0 spiro atoms. The first kappa shape index (κ1) is 15.0. The molecule has 0 unspecified atom stereocenters. The van der Waals surface area contributed by atoms with Crippen LogP contribution in [0.5, 0.6) is 0 Å². The lowest BCUT2D eigenvalue weighted by molar-refractivity contribution is -0.139. The lowest BCUT2D eigenvalue weighted by Gasteiger charge is -2.13. The highest BCUT2D eigenvalue weighted by atomic mass is 32.2. The van der Waals surface area contributed by atoms with Crippen LogP contribution >= 0.6 is 24.0 Å². The summed E-state index contributed by atoms with van der Waals surface area (Å²) in [7, 11) is 1.33. The van der Waals surface area contributed by atoms with E-state index in [0.717, 1.165) is 5.75 Å². The maximum atomic E-state index is 12.0. The second-order valence-electron chi connectivity index (χ2n) is 3.85. The fraction of sp³-hybridized carbons (Fsp3) is 0.500. The summed E-state index contributed by atoms with van der Waals surface area (Å²) < 4.78 is 5.15. The zero-order valence-electron chi connectivity index (χ0n) is 10.6. The molecule has 0 N–H and O–H groups in total. The fourth-order valence-electron chi connectivity index (χ4n) is 1.49. The molecule has 1 fully saturated rings. The van der Waals surface area contributed by atoms with E-state index < -0.39 is 0 Å².